The molecule has 1 atom stereocenters. The van der Waals surface area contributed by atoms with Crippen LogP contribution in [0.1, 0.15) is 42.4 Å². The number of nitrogen functional groups attached to an aromatic ring is 1. The van der Waals surface area contributed by atoms with Gasteiger partial charge in [-0.25, -0.2) is 9.97 Å². The van der Waals surface area contributed by atoms with Crippen LogP contribution in [0, 0.1) is 0 Å². The van der Waals surface area contributed by atoms with Gasteiger partial charge in [-0.1, -0.05) is 6.07 Å². The molecule has 1 saturated carbocycles. The number of rotatable bonds is 4. The van der Waals surface area contributed by atoms with Crippen molar-refractivity contribution in [3.05, 3.63) is 34.3 Å². The summed E-state index contributed by atoms with van der Waals surface area (Å²) in [4.78, 5) is 12.5. The average Bonchev–Trinajstić information content (AvgIpc) is 3.12. The maximum absolute atomic E-state index is 5.91. The summed E-state index contributed by atoms with van der Waals surface area (Å²) in [5, 5.41) is 2.10. The third kappa shape index (κ3) is 2.56. The van der Waals surface area contributed by atoms with Gasteiger partial charge in [0.2, 0.25) is 0 Å². The minimum atomic E-state index is 0.293. The van der Waals surface area contributed by atoms with Crippen LogP contribution in [0.2, 0.25) is 0 Å². The summed E-state index contributed by atoms with van der Waals surface area (Å²) in [6.07, 6.45) is 2.38. The van der Waals surface area contributed by atoms with E-state index in [0.29, 0.717) is 17.8 Å². The molecular formula is C14H18N4S. The van der Waals surface area contributed by atoms with Crippen LogP contribution in [0.3, 0.4) is 0 Å². The van der Waals surface area contributed by atoms with E-state index in [4.69, 9.17) is 5.73 Å². The van der Waals surface area contributed by atoms with E-state index in [1.54, 1.807) is 11.3 Å². The summed E-state index contributed by atoms with van der Waals surface area (Å²) in [5.74, 6) is 2.90. The summed E-state index contributed by atoms with van der Waals surface area (Å²) in [6.45, 7) is 2.18. The second kappa shape index (κ2) is 4.81. The molecule has 19 heavy (non-hydrogen) atoms. The van der Waals surface area contributed by atoms with Crippen molar-refractivity contribution in [3.8, 4) is 0 Å². The molecule has 0 saturated heterocycles. The van der Waals surface area contributed by atoms with Crippen LogP contribution in [0.5, 0.6) is 0 Å². The number of nitrogens with zero attached hydrogens (tertiary/aromatic N) is 3. The van der Waals surface area contributed by atoms with Gasteiger partial charge in [0.05, 0.1) is 6.04 Å². The van der Waals surface area contributed by atoms with E-state index in [2.05, 4.69) is 46.4 Å². The zero-order chi connectivity index (χ0) is 13.4. The monoisotopic (exact) mass is 274 g/mol. The molecule has 0 spiro atoms. The van der Waals surface area contributed by atoms with Crippen LogP contribution >= 0.6 is 11.3 Å². The molecule has 4 nitrogen and oxygen atoms in total. The molecule has 2 aromatic heterocycles. The highest BCUT2D eigenvalue weighted by Gasteiger charge is 2.28. The summed E-state index contributed by atoms with van der Waals surface area (Å²) in [7, 11) is 2.06. The Balaban J connectivity index is 1.88. The van der Waals surface area contributed by atoms with Crippen LogP contribution in [-0.4, -0.2) is 17.0 Å². The molecule has 0 bridgehead atoms. The number of aromatic nitrogens is 2. The zero-order valence-electron chi connectivity index (χ0n) is 11.2. The Morgan fingerprint density at radius 2 is 2.21 bits per heavy atom. The van der Waals surface area contributed by atoms with Crippen molar-refractivity contribution in [3.63, 3.8) is 0 Å². The molecule has 0 aliphatic heterocycles. The van der Waals surface area contributed by atoms with Crippen molar-refractivity contribution in [2.75, 3.05) is 17.7 Å². The Bertz CT molecular complexity index is 563. The van der Waals surface area contributed by atoms with Crippen molar-refractivity contribution in [1.82, 2.24) is 9.97 Å². The van der Waals surface area contributed by atoms with E-state index in [-0.39, 0.29) is 0 Å². The van der Waals surface area contributed by atoms with E-state index in [0.717, 1.165) is 11.6 Å². The highest BCUT2D eigenvalue weighted by Crippen LogP contribution is 2.39. The number of nitrogens with two attached hydrogens (primary N) is 1. The lowest BCUT2D eigenvalue weighted by Crippen LogP contribution is -2.22. The van der Waals surface area contributed by atoms with E-state index in [1.807, 2.05) is 6.07 Å². The van der Waals surface area contributed by atoms with Gasteiger partial charge < -0.3 is 10.6 Å². The van der Waals surface area contributed by atoms with E-state index in [1.165, 1.54) is 17.7 Å². The van der Waals surface area contributed by atoms with Crippen molar-refractivity contribution in [2.24, 2.45) is 0 Å². The fourth-order valence-electron chi connectivity index (χ4n) is 2.09. The van der Waals surface area contributed by atoms with Gasteiger partial charge in [-0.2, -0.15) is 0 Å². The molecular weight excluding hydrogens is 256 g/mol. The Kier molecular flexibility index (Phi) is 3.14. The maximum atomic E-state index is 5.91. The van der Waals surface area contributed by atoms with Gasteiger partial charge in [0.15, 0.2) is 0 Å². The maximum Gasteiger partial charge on any atom is 0.136 e. The third-order valence-corrected chi connectivity index (χ3v) is 4.63. The lowest BCUT2D eigenvalue weighted by atomic mass is 10.2. The van der Waals surface area contributed by atoms with Gasteiger partial charge in [-0.15, -0.1) is 11.3 Å². The molecule has 0 amide bonds. The SMILES string of the molecule is CC(c1cccs1)N(C)c1cc(N)nc(C2CC2)n1. The van der Waals surface area contributed by atoms with Gasteiger partial charge in [0.25, 0.3) is 0 Å². The molecule has 1 unspecified atom stereocenters. The predicted octanol–water partition coefficient (Wildman–Crippen LogP) is 3.20. The van der Waals surface area contributed by atoms with E-state index >= 15 is 0 Å². The fourth-order valence-corrected chi connectivity index (χ4v) is 2.92. The fraction of sp³-hybridized carbons (Fsp3) is 0.429. The van der Waals surface area contributed by atoms with Crippen molar-refractivity contribution in [1.29, 1.82) is 0 Å². The first-order valence-electron chi connectivity index (χ1n) is 6.56. The van der Waals surface area contributed by atoms with Crippen molar-refractivity contribution < 1.29 is 0 Å². The number of hydrogen-bond acceptors (Lipinski definition) is 5. The minimum absolute atomic E-state index is 0.293. The average molecular weight is 274 g/mol. The van der Waals surface area contributed by atoms with Gasteiger partial charge in [-0.05, 0) is 31.2 Å². The molecule has 100 valence electrons. The van der Waals surface area contributed by atoms with Gasteiger partial charge in [0.1, 0.15) is 17.5 Å². The first-order valence-corrected chi connectivity index (χ1v) is 7.44. The minimum Gasteiger partial charge on any atom is -0.384 e. The number of thiophene rings is 1. The molecule has 1 fully saturated rings. The van der Waals surface area contributed by atoms with Crippen LogP contribution in [0.4, 0.5) is 11.6 Å². The summed E-state index contributed by atoms with van der Waals surface area (Å²) >= 11 is 1.76. The van der Waals surface area contributed by atoms with E-state index in [9.17, 15) is 0 Å². The summed E-state index contributed by atoms with van der Waals surface area (Å²) < 4.78 is 0. The molecule has 1 aliphatic rings. The Labute approximate surface area is 117 Å². The van der Waals surface area contributed by atoms with Crippen molar-refractivity contribution in [2.45, 2.75) is 31.7 Å². The highest BCUT2D eigenvalue weighted by molar-refractivity contribution is 7.10. The lowest BCUT2D eigenvalue weighted by Gasteiger charge is -2.25. The van der Waals surface area contributed by atoms with Gasteiger partial charge in [-0.3, -0.25) is 0 Å². The Morgan fingerprint density at radius 1 is 1.42 bits per heavy atom. The Morgan fingerprint density at radius 3 is 2.84 bits per heavy atom. The lowest BCUT2D eigenvalue weighted by molar-refractivity contribution is 0.734. The summed E-state index contributed by atoms with van der Waals surface area (Å²) in [6, 6.07) is 6.38. The topological polar surface area (TPSA) is 55.0 Å². The number of hydrogen-bond donors (Lipinski definition) is 1. The van der Waals surface area contributed by atoms with E-state index < -0.39 is 0 Å². The standard InChI is InChI=1S/C14H18N4S/c1-9(11-4-3-7-19-11)18(2)13-8-12(15)16-14(17-13)10-5-6-10/h3-4,7-10H,5-6H2,1-2H3,(H2,15,16,17). The first-order chi connectivity index (χ1) is 9.15. The molecule has 3 rings (SSSR count). The van der Waals surface area contributed by atoms with Gasteiger partial charge >= 0.3 is 0 Å². The molecule has 5 heteroatoms. The smallest absolute Gasteiger partial charge is 0.136 e. The van der Waals surface area contributed by atoms with Crippen LogP contribution < -0.4 is 10.6 Å². The molecule has 0 radical (unpaired) electrons. The quantitative estimate of drug-likeness (QED) is 0.930. The van der Waals surface area contributed by atoms with Crippen LogP contribution in [0.15, 0.2) is 23.6 Å². The van der Waals surface area contributed by atoms with Gasteiger partial charge in [0, 0.05) is 23.9 Å². The molecule has 0 aromatic carbocycles. The predicted molar refractivity (Wildman–Crippen MR) is 79.6 cm³/mol. The normalized spacial score (nSPS) is 16.3. The highest BCUT2D eigenvalue weighted by atomic mass is 32.1. The van der Waals surface area contributed by atoms with Crippen molar-refractivity contribution >= 4 is 23.0 Å². The second-order valence-corrected chi connectivity index (χ2v) is 6.07. The summed E-state index contributed by atoms with van der Waals surface area (Å²) in [5.41, 5.74) is 5.91. The molecule has 1 aliphatic carbocycles. The third-order valence-electron chi connectivity index (χ3n) is 3.59. The molecule has 2 heterocycles. The first kappa shape index (κ1) is 12.4. The second-order valence-electron chi connectivity index (χ2n) is 5.09. The largest absolute Gasteiger partial charge is 0.384 e. The molecule has 2 N–H and O–H groups in total. The molecule has 2 aromatic rings. The number of anilines is 2. The zero-order valence-corrected chi connectivity index (χ0v) is 12.0. The van der Waals surface area contributed by atoms with Crippen LogP contribution in [0.25, 0.3) is 0 Å². The van der Waals surface area contributed by atoms with Crippen LogP contribution in [-0.2, 0) is 0 Å². The Hall–Kier alpha value is -1.62.